The van der Waals surface area contributed by atoms with Crippen molar-refractivity contribution in [1.29, 1.82) is 0 Å². The molecule has 0 spiro atoms. The van der Waals surface area contributed by atoms with E-state index in [1.54, 1.807) is 7.11 Å². The number of Topliss-reactive ketones (excluding diaryl/α,β-unsaturated/α-hetero) is 1. The second-order valence-electron chi connectivity index (χ2n) is 7.19. The summed E-state index contributed by atoms with van der Waals surface area (Å²) in [7, 11) is 3.90. The molecule has 4 rings (SSSR count). The standard InChI is InChI=1S/C17H21NO3/c1-18-8-7-17(9-12(19)4-6-14(17)18)15-11(10-18)3-5-13(21-2)16(15)20/h3,5,14H,4,6-10H2,1-2H3/p+1/t14-,17-,18?/m0/s1. The number of rotatable bonds is 1. The van der Waals surface area contributed by atoms with E-state index in [4.69, 9.17) is 4.74 Å². The largest absolute Gasteiger partial charge is 0.504 e. The molecule has 0 amide bonds. The van der Waals surface area contributed by atoms with Crippen LogP contribution in [0.5, 0.6) is 11.5 Å². The van der Waals surface area contributed by atoms with Crippen molar-refractivity contribution in [3.63, 3.8) is 0 Å². The van der Waals surface area contributed by atoms with Crippen LogP contribution in [0.2, 0.25) is 0 Å². The summed E-state index contributed by atoms with van der Waals surface area (Å²) in [5.74, 6) is 1.14. The highest BCUT2D eigenvalue weighted by Crippen LogP contribution is 2.58. The van der Waals surface area contributed by atoms with E-state index in [1.165, 1.54) is 5.56 Å². The van der Waals surface area contributed by atoms with Crippen LogP contribution in [-0.4, -0.2) is 42.1 Å². The molecule has 3 aliphatic rings. The van der Waals surface area contributed by atoms with Gasteiger partial charge in [-0.3, -0.25) is 4.79 Å². The van der Waals surface area contributed by atoms with E-state index < -0.39 is 0 Å². The summed E-state index contributed by atoms with van der Waals surface area (Å²) in [5, 5.41) is 10.7. The minimum absolute atomic E-state index is 0.170. The first kappa shape index (κ1) is 13.1. The number of ketones is 1. The Morgan fingerprint density at radius 3 is 3.00 bits per heavy atom. The van der Waals surface area contributed by atoms with Gasteiger partial charge in [0.2, 0.25) is 0 Å². The number of fused-ring (bicyclic) bond motifs is 1. The van der Waals surface area contributed by atoms with Crippen LogP contribution in [0.1, 0.15) is 36.8 Å². The van der Waals surface area contributed by atoms with Gasteiger partial charge in [-0.25, -0.2) is 0 Å². The second kappa shape index (κ2) is 4.01. The van der Waals surface area contributed by atoms with E-state index >= 15 is 0 Å². The molecule has 4 nitrogen and oxygen atoms in total. The lowest BCUT2D eigenvalue weighted by molar-refractivity contribution is -0.938. The van der Waals surface area contributed by atoms with Crippen LogP contribution < -0.4 is 4.74 Å². The fraction of sp³-hybridized carbons (Fsp3) is 0.588. The molecular formula is C17H22NO3+. The number of carbonyl (C=O) groups excluding carboxylic acids is 1. The maximum atomic E-state index is 12.2. The van der Waals surface area contributed by atoms with Crippen LogP contribution in [0.3, 0.4) is 0 Å². The van der Waals surface area contributed by atoms with E-state index in [9.17, 15) is 9.90 Å². The third-order valence-electron chi connectivity index (χ3n) is 6.14. The zero-order chi connectivity index (χ0) is 14.8. The number of aromatic hydroxyl groups is 1. The average Bonchev–Trinajstić information content (AvgIpc) is 2.65. The Bertz CT molecular complexity index is 641. The fourth-order valence-corrected chi connectivity index (χ4v) is 5.33. The average molecular weight is 288 g/mol. The maximum Gasteiger partial charge on any atom is 0.162 e. The molecule has 2 aliphatic heterocycles. The summed E-state index contributed by atoms with van der Waals surface area (Å²) < 4.78 is 6.33. The molecule has 0 aromatic heterocycles. The van der Waals surface area contributed by atoms with E-state index in [0.29, 0.717) is 30.4 Å². The lowest BCUT2D eigenvalue weighted by atomic mass is 9.62. The molecule has 112 valence electrons. The van der Waals surface area contributed by atoms with Crippen LogP contribution in [0.25, 0.3) is 0 Å². The second-order valence-corrected chi connectivity index (χ2v) is 7.19. The molecular weight excluding hydrogens is 266 g/mol. The Morgan fingerprint density at radius 2 is 2.24 bits per heavy atom. The normalized spacial score (nSPS) is 37.0. The number of likely N-dealkylation sites (N-methyl/N-ethyl adjacent to an activating group) is 1. The van der Waals surface area contributed by atoms with Crippen molar-refractivity contribution in [2.45, 2.75) is 43.7 Å². The highest BCUT2D eigenvalue weighted by atomic mass is 16.5. The molecule has 1 saturated carbocycles. The first-order valence-corrected chi connectivity index (χ1v) is 7.75. The number of hydrogen-bond acceptors (Lipinski definition) is 3. The molecule has 1 aromatic rings. The Labute approximate surface area is 124 Å². The molecule has 4 heteroatoms. The third-order valence-corrected chi connectivity index (χ3v) is 6.14. The summed E-state index contributed by atoms with van der Waals surface area (Å²) in [5.41, 5.74) is 2.03. The maximum absolute atomic E-state index is 12.2. The molecule has 1 unspecified atom stereocenters. The van der Waals surface area contributed by atoms with E-state index in [1.807, 2.05) is 6.07 Å². The molecule has 21 heavy (non-hydrogen) atoms. The summed E-state index contributed by atoms with van der Waals surface area (Å²) in [6.45, 7) is 2.04. The highest BCUT2D eigenvalue weighted by Gasteiger charge is 2.63. The minimum Gasteiger partial charge on any atom is -0.504 e. The quantitative estimate of drug-likeness (QED) is 0.805. The molecule has 2 heterocycles. The third kappa shape index (κ3) is 1.51. The van der Waals surface area contributed by atoms with Gasteiger partial charge in [0, 0.05) is 36.8 Å². The van der Waals surface area contributed by atoms with Crippen LogP contribution in [0, 0.1) is 0 Å². The van der Waals surface area contributed by atoms with Gasteiger partial charge >= 0.3 is 0 Å². The van der Waals surface area contributed by atoms with Gasteiger partial charge in [-0.05, 0) is 12.1 Å². The zero-order valence-electron chi connectivity index (χ0n) is 12.7. The molecule has 2 fully saturated rings. The Morgan fingerprint density at radius 1 is 1.43 bits per heavy atom. The van der Waals surface area contributed by atoms with E-state index in [0.717, 1.165) is 36.0 Å². The van der Waals surface area contributed by atoms with Gasteiger partial charge in [0.1, 0.15) is 18.4 Å². The van der Waals surface area contributed by atoms with Gasteiger partial charge in [0.05, 0.1) is 26.1 Å². The lowest BCUT2D eigenvalue weighted by Gasteiger charge is -2.49. The molecule has 1 saturated heterocycles. The summed E-state index contributed by atoms with van der Waals surface area (Å²) >= 11 is 0. The fourth-order valence-electron chi connectivity index (χ4n) is 5.33. The van der Waals surface area contributed by atoms with Crippen LogP contribution >= 0.6 is 0 Å². The SMILES string of the molecule is COc1ccc2c(c1O)[C@]13CC[N+](C)(C2)[C@H]1CCC(=O)C3. The summed E-state index contributed by atoms with van der Waals surface area (Å²) in [6.07, 6.45) is 3.22. The van der Waals surface area contributed by atoms with Gasteiger partial charge in [0.25, 0.3) is 0 Å². The number of quaternary nitrogens is 1. The lowest BCUT2D eigenvalue weighted by Crippen LogP contribution is -2.59. The number of phenols is 1. The monoisotopic (exact) mass is 288 g/mol. The zero-order valence-corrected chi connectivity index (χ0v) is 12.7. The molecule has 1 aliphatic carbocycles. The minimum atomic E-state index is -0.170. The van der Waals surface area contributed by atoms with E-state index in [-0.39, 0.29) is 11.2 Å². The van der Waals surface area contributed by atoms with Crippen molar-refractivity contribution >= 4 is 5.78 Å². The van der Waals surface area contributed by atoms with Crippen molar-refractivity contribution in [1.82, 2.24) is 0 Å². The first-order chi connectivity index (χ1) is 10.00. The topological polar surface area (TPSA) is 46.5 Å². The number of ether oxygens (including phenoxy) is 1. The summed E-state index contributed by atoms with van der Waals surface area (Å²) in [4.78, 5) is 12.2. The van der Waals surface area contributed by atoms with Gasteiger partial charge < -0.3 is 14.3 Å². The Balaban J connectivity index is 1.98. The van der Waals surface area contributed by atoms with Crippen molar-refractivity contribution in [3.8, 4) is 11.5 Å². The number of carbonyl (C=O) groups is 1. The Kier molecular flexibility index (Phi) is 2.51. The van der Waals surface area contributed by atoms with Gasteiger partial charge in [-0.1, -0.05) is 0 Å². The smallest absolute Gasteiger partial charge is 0.162 e. The molecule has 3 atom stereocenters. The van der Waals surface area contributed by atoms with E-state index in [2.05, 4.69) is 13.1 Å². The van der Waals surface area contributed by atoms with Crippen LogP contribution in [-0.2, 0) is 16.8 Å². The van der Waals surface area contributed by atoms with Gasteiger partial charge in [-0.15, -0.1) is 0 Å². The van der Waals surface area contributed by atoms with Crippen molar-refractivity contribution in [2.24, 2.45) is 0 Å². The molecule has 1 aromatic carbocycles. The van der Waals surface area contributed by atoms with Crippen LogP contribution in [0.4, 0.5) is 0 Å². The number of hydrogen-bond donors (Lipinski definition) is 1. The molecule has 1 N–H and O–H groups in total. The van der Waals surface area contributed by atoms with Gasteiger partial charge in [-0.2, -0.15) is 0 Å². The highest BCUT2D eigenvalue weighted by molar-refractivity contribution is 5.82. The first-order valence-electron chi connectivity index (χ1n) is 7.75. The Hall–Kier alpha value is -1.55. The molecule has 0 radical (unpaired) electrons. The predicted octanol–water partition coefficient (Wildman–Crippen LogP) is 2.12. The summed E-state index contributed by atoms with van der Waals surface area (Å²) in [6, 6.07) is 4.38. The van der Waals surface area contributed by atoms with Crippen molar-refractivity contribution in [3.05, 3.63) is 23.3 Å². The number of nitrogens with zero attached hydrogens (tertiary/aromatic N) is 1. The van der Waals surface area contributed by atoms with Crippen molar-refractivity contribution < 1.29 is 19.1 Å². The number of phenolic OH excluding ortho intramolecular Hbond substituents is 1. The molecule has 2 bridgehead atoms. The predicted molar refractivity (Wildman–Crippen MR) is 78.4 cm³/mol. The number of methoxy groups -OCH3 is 1. The number of benzene rings is 1. The van der Waals surface area contributed by atoms with Crippen LogP contribution in [0.15, 0.2) is 12.1 Å². The van der Waals surface area contributed by atoms with Crippen molar-refractivity contribution in [2.75, 3.05) is 20.7 Å². The van der Waals surface area contributed by atoms with Gasteiger partial charge in [0.15, 0.2) is 11.5 Å².